The lowest BCUT2D eigenvalue weighted by atomic mass is 10.1. The Hall–Kier alpha value is -2.59. The van der Waals surface area contributed by atoms with Crippen LogP contribution in [0, 0.1) is 0 Å². The zero-order chi connectivity index (χ0) is 16.9. The fourth-order valence-corrected chi connectivity index (χ4v) is 2.74. The molecule has 0 saturated heterocycles. The third-order valence-electron chi connectivity index (χ3n) is 3.88. The molecule has 0 radical (unpaired) electrons. The largest absolute Gasteiger partial charge is 0.349 e. The maximum atomic E-state index is 12.2. The number of halogens is 1. The fraction of sp³-hybridized carbons (Fsp3) is 0.158. The number of carbonyl (C=O) groups is 1. The van der Waals surface area contributed by atoms with Crippen molar-refractivity contribution in [3.8, 4) is 5.69 Å². The number of aromatic nitrogens is 2. The number of benzene rings is 2. The minimum atomic E-state index is -0.0724. The molecule has 24 heavy (non-hydrogen) atoms. The molecule has 1 amide bonds. The van der Waals surface area contributed by atoms with Gasteiger partial charge in [0.25, 0.3) is 0 Å². The minimum absolute atomic E-state index is 0.0470. The lowest BCUT2D eigenvalue weighted by Gasteiger charge is -2.15. The second-order valence-electron chi connectivity index (χ2n) is 5.62. The van der Waals surface area contributed by atoms with Gasteiger partial charge < -0.3 is 9.88 Å². The van der Waals surface area contributed by atoms with Crippen LogP contribution in [-0.4, -0.2) is 15.5 Å². The van der Waals surface area contributed by atoms with Crippen molar-refractivity contribution < 1.29 is 4.79 Å². The zero-order valence-electron chi connectivity index (χ0n) is 13.3. The smallest absolute Gasteiger partial charge is 0.224 e. The second kappa shape index (κ2) is 7.32. The van der Waals surface area contributed by atoms with Gasteiger partial charge in [-0.15, -0.1) is 0 Å². The van der Waals surface area contributed by atoms with E-state index < -0.39 is 0 Å². The maximum absolute atomic E-state index is 12.2. The van der Waals surface area contributed by atoms with Gasteiger partial charge in [-0.2, -0.15) is 0 Å². The van der Waals surface area contributed by atoms with E-state index >= 15 is 0 Å². The summed E-state index contributed by atoms with van der Waals surface area (Å²) in [5.74, 6) is -0.0470. The lowest BCUT2D eigenvalue weighted by molar-refractivity contribution is -0.121. The molecule has 3 aromatic rings. The molecule has 1 atom stereocenters. The Kier molecular flexibility index (Phi) is 4.96. The molecule has 0 unspecified atom stereocenters. The molecular formula is C19H18ClN3O. The summed E-state index contributed by atoms with van der Waals surface area (Å²) in [6.45, 7) is 1.97. The number of imidazole rings is 1. The van der Waals surface area contributed by atoms with Crippen molar-refractivity contribution in [1.82, 2.24) is 14.9 Å². The van der Waals surface area contributed by atoms with E-state index in [1.165, 1.54) is 0 Å². The van der Waals surface area contributed by atoms with Crippen molar-refractivity contribution in [2.45, 2.75) is 19.4 Å². The predicted molar refractivity (Wildman–Crippen MR) is 95.3 cm³/mol. The first-order chi connectivity index (χ1) is 11.6. The highest BCUT2D eigenvalue weighted by atomic mass is 35.5. The Labute approximate surface area is 146 Å². The van der Waals surface area contributed by atoms with E-state index in [1.807, 2.05) is 60.2 Å². The quantitative estimate of drug-likeness (QED) is 0.765. The van der Waals surface area contributed by atoms with Crippen molar-refractivity contribution in [2.75, 3.05) is 0 Å². The molecular weight excluding hydrogens is 322 g/mol. The van der Waals surface area contributed by atoms with Crippen LogP contribution in [0.3, 0.4) is 0 Å². The van der Waals surface area contributed by atoms with Crippen LogP contribution in [0.5, 0.6) is 0 Å². The zero-order valence-corrected chi connectivity index (χ0v) is 14.1. The van der Waals surface area contributed by atoms with Crippen molar-refractivity contribution in [3.05, 3.63) is 83.4 Å². The highest BCUT2D eigenvalue weighted by Gasteiger charge is 2.11. The molecule has 0 bridgehead atoms. The molecule has 1 aromatic heterocycles. The summed E-state index contributed by atoms with van der Waals surface area (Å²) in [5.41, 5.74) is 2.91. The SMILES string of the molecule is C[C@H](NC(=O)Cc1ccccc1Cl)c1ccc(-n2ccnc2)cc1. The van der Waals surface area contributed by atoms with Gasteiger partial charge >= 0.3 is 0 Å². The van der Waals surface area contributed by atoms with Gasteiger partial charge in [0.1, 0.15) is 0 Å². The average molecular weight is 340 g/mol. The minimum Gasteiger partial charge on any atom is -0.349 e. The van der Waals surface area contributed by atoms with Crippen LogP contribution in [-0.2, 0) is 11.2 Å². The predicted octanol–water partition coefficient (Wildman–Crippen LogP) is 3.95. The molecule has 1 N–H and O–H groups in total. The number of carbonyl (C=O) groups excluding carboxylic acids is 1. The monoisotopic (exact) mass is 339 g/mol. The van der Waals surface area contributed by atoms with Crippen LogP contribution in [0.2, 0.25) is 5.02 Å². The first kappa shape index (κ1) is 16.3. The Morgan fingerprint density at radius 3 is 2.62 bits per heavy atom. The third kappa shape index (κ3) is 3.84. The average Bonchev–Trinajstić information content (AvgIpc) is 3.11. The molecule has 0 spiro atoms. The standard InChI is InChI=1S/C19H18ClN3O/c1-14(22-19(24)12-16-4-2-3-5-18(16)20)15-6-8-17(9-7-15)23-11-10-21-13-23/h2-11,13-14H,12H2,1H3,(H,22,24)/t14-/m0/s1. The summed E-state index contributed by atoms with van der Waals surface area (Å²) in [6.07, 6.45) is 5.66. The van der Waals surface area contributed by atoms with E-state index in [9.17, 15) is 4.79 Å². The van der Waals surface area contributed by atoms with E-state index in [0.29, 0.717) is 5.02 Å². The van der Waals surface area contributed by atoms with Gasteiger partial charge in [-0.05, 0) is 36.2 Å². The molecule has 0 aliphatic heterocycles. The molecule has 2 aromatic carbocycles. The lowest BCUT2D eigenvalue weighted by Crippen LogP contribution is -2.28. The van der Waals surface area contributed by atoms with Crippen molar-refractivity contribution in [2.24, 2.45) is 0 Å². The normalized spacial score (nSPS) is 11.9. The summed E-state index contributed by atoms with van der Waals surface area (Å²) in [6, 6.07) is 15.4. The van der Waals surface area contributed by atoms with Crippen LogP contribution in [0.1, 0.15) is 24.1 Å². The van der Waals surface area contributed by atoms with E-state index in [0.717, 1.165) is 16.8 Å². The summed E-state index contributed by atoms with van der Waals surface area (Å²) < 4.78 is 1.93. The van der Waals surface area contributed by atoms with E-state index in [4.69, 9.17) is 11.6 Å². The van der Waals surface area contributed by atoms with Crippen LogP contribution >= 0.6 is 11.6 Å². The highest BCUT2D eigenvalue weighted by Crippen LogP contribution is 2.18. The molecule has 0 aliphatic rings. The third-order valence-corrected chi connectivity index (χ3v) is 4.25. The topological polar surface area (TPSA) is 46.9 Å². The van der Waals surface area contributed by atoms with Gasteiger partial charge in [0, 0.05) is 23.1 Å². The number of nitrogens with one attached hydrogen (secondary N) is 1. The van der Waals surface area contributed by atoms with Crippen LogP contribution in [0.25, 0.3) is 5.69 Å². The Balaban J connectivity index is 1.63. The molecule has 122 valence electrons. The summed E-state index contributed by atoms with van der Waals surface area (Å²) in [4.78, 5) is 16.3. The van der Waals surface area contributed by atoms with Crippen molar-refractivity contribution in [1.29, 1.82) is 0 Å². The molecule has 4 nitrogen and oxygen atoms in total. The van der Waals surface area contributed by atoms with Gasteiger partial charge in [-0.1, -0.05) is 41.9 Å². The van der Waals surface area contributed by atoms with Gasteiger partial charge in [0.15, 0.2) is 0 Å². The molecule has 0 saturated carbocycles. The maximum Gasteiger partial charge on any atom is 0.224 e. The molecule has 0 aliphatic carbocycles. The molecule has 0 fully saturated rings. The summed E-state index contributed by atoms with van der Waals surface area (Å²) >= 11 is 6.10. The van der Waals surface area contributed by atoms with Crippen molar-refractivity contribution >= 4 is 17.5 Å². The van der Waals surface area contributed by atoms with E-state index in [1.54, 1.807) is 18.6 Å². The molecule has 1 heterocycles. The number of nitrogens with zero attached hydrogens (tertiary/aromatic N) is 2. The fourth-order valence-electron chi connectivity index (χ4n) is 2.54. The summed E-state index contributed by atoms with van der Waals surface area (Å²) in [5, 5.41) is 3.63. The first-order valence-electron chi connectivity index (χ1n) is 7.74. The Morgan fingerprint density at radius 2 is 1.96 bits per heavy atom. The first-order valence-corrected chi connectivity index (χ1v) is 8.12. The van der Waals surface area contributed by atoms with Gasteiger partial charge in [-0.25, -0.2) is 4.98 Å². The Morgan fingerprint density at radius 1 is 1.21 bits per heavy atom. The number of hydrogen-bond donors (Lipinski definition) is 1. The van der Waals surface area contributed by atoms with Crippen molar-refractivity contribution in [3.63, 3.8) is 0 Å². The second-order valence-corrected chi connectivity index (χ2v) is 6.03. The number of hydrogen-bond acceptors (Lipinski definition) is 2. The van der Waals surface area contributed by atoms with Gasteiger partial charge in [0.05, 0.1) is 18.8 Å². The van der Waals surface area contributed by atoms with Crippen LogP contribution in [0.15, 0.2) is 67.3 Å². The molecule has 5 heteroatoms. The summed E-state index contributed by atoms with van der Waals surface area (Å²) in [7, 11) is 0. The van der Waals surface area contributed by atoms with E-state index in [-0.39, 0.29) is 18.4 Å². The van der Waals surface area contributed by atoms with Crippen LogP contribution < -0.4 is 5.32 Å². The molecule has 3 rings (SSSR count). The Bertz CT molecular complexity index is 813. The van der Waals surface area contributed by atoms with Gasteiger partial charge in [0.2, 0.25) is 5.91 Å². The van der Waals surface area contributed by atoms with Crippen LogP contribution in [0.4, 0.5) is 0 Å². The van der Waals surface area contributed by atoms with E-state index in [2.05, 4.69) is 10.3 Å². The number of amides is 1. The highest BCUT2D eigenvalue weighted by molar-refractivity contribution is 6.31. The number of rotatable bonds is 5. The van der Waals surface area contributed by atoms with Gasteiger partial charge in [-0.3, -0.25) is 4.79 Å².